The number of thioether (sulfide) groups is 1. The Morgan fingerprint density at radius 2 is 1.92 bits per heavy atom. The van der Waals surface area contributed by atoms with Gasteiger partial charge in [-0.3, -0.25) is 4.79 Å². The molecule has 0 bridgehead atoms. The van der Waals surface area contributed by atoms with E-state index in [1.165, 1.54) is 29.2 Å². The maximum Gasteiger partial charge on any atom is 0.234 e. The minimum atomic E-state index is -0.358. The van der Waals surface area contributed by atoms with Crippen LogP contribution in [0.4, 0.5) is 20.9 Å². The van der Waals surface area contributed by atoms with Gasteiger partial charge in [-0.2, -0.15) is 0 Å². The molecule has 5 nitrogen and oxygen atoms in total. The highest BCUT2D eigenvalue weighted by molar-refractivity contribution is 14.1. The van der Waals surface area contributed by atoms with Crippen LogP contribution < -0.4 is 10.6 Å². The number of amides is 1. The van der Waals surface area contributed by atoms with Gasteiger partial charge in [0.15, 0.2) is 4.34 Å². The number of nitrogens with zero attached hydrogens (tertiary/aromatic N) is 2. The summed E-state index contributed by atoms with van der Waals surface area (Å²) in [7, 11) is 0. The summed E-state index contributed by atoms with van der Waals surface area (Å²) in [5.74, 6) is -0.255. The van der Waals surface area contributed by atoms with Crippen LogP contribution in [-0.2, 0) is 4.79 Å². The predicted molar refractivity (Wildman–Crippen MR) is 108 cm³/mol. The number of carbonyl (C=O) groups excluding carboxylic acids is 1. The molecule has 0 spiro atoms. The Balaban J connectivity index is 1.52. The van der Waals surface area contributed by atoms with E-state index in [0.29, 0.717) is 15.2 Å². The molecular formula is C16H12FIN4OS2. The SMILES string of the molecule is O=C(CSc1nnc(Nc2ccccc2F)s1)Nc1ccc(I)cc1. The van der Waals surface area contributed by atoms with Crippen molar-refractivity contribution in [3.63, 3.8) is 0 Å². The molecule has 0 atom stereocenters. The molecule has 0 radical (unpaired) electrons. The lowest BCUT2D eigenvalue weighted by Crippen LogP contribution is -2.13. The number of anilines is 3. The van der Waals surface area contributed by atoms with Crippen molar-refractivity contribution in [1.82, 2.24) is 10.2 Å². The molecule has 1 aromatic heterocycles. The summed E-state index contributed by atoms with van der Waals surface area (Å²) in [4.78, 5) is 12.0. The molecule has 0 saturated heterocycles. The van der Waals surface area contributed by atoms with Crippen LogP contribution in [0.5, 0.6) is 0 Å². The molecule has 1 heterocycles. The van der Waals surface area contributed by atoms with Crippen LogP contribution >= 0.6 is 45.7 Å². The molecule has 0 saturated carbocycles. The smallest absolute Gasteiger partial charge is 0.234 e. The van der Waals surface area contributed by atoms with E-state index >= 15 is 0 Å². The number of carbonyl (C=O) groups is 1. The monoisotopic (exact) mass is 486 g/mol. The molecular weight excluding hydrogens is 474 g/mol. The lowest BCUT2D eigenvalue weighted by Gasteiger charge is -2.04. The van der Waals surface area contributed by atoms with Crippen LogP contribution in [0.25, 0.3) is 0 Å². The van der Waals surface area contributed by atoms with Crippen molar-refractivity contribution in [3.8, 4) is 0 Å². The Kier molecular flexibility index (Phi) is 6.21. The zero-order chi connectivity index (χ0) is 17.6. The van der Waals surface area contributed by atoms with E-state index in [0.717, 1.165) is 9.26 Å². The van der Waals surface area contributed by atoms with Gasteiger partial charge in [-0.25, -0.2) is 4.39 Å². The quantitative estimate of drug-likeness (QED) is 0.389. The third kappa shape index (κ3) is 5.38. The Bertz CT molecular complexity index is 873. The first-order valence-electron chi connectivity index (χ1n) is 7.13. The molecule has 2 aromatic carbocycles. The molecule has 2 N–H and O–H groups in total. The number of hydrogen-bond donors (Lipinski definition) is 2. The van der Waals surface area contributed by atoms with E-state index in [-0.39, 0.29) is 17.5 Å². The van der Waals surface area contributed by atoms with Gasteiger partial charge in [-0.15, -0.1) is 10.2 Å². The lowest BCUT2D eigenvalue weighted by molar-refractivity contribution is -0.113. The Hall–Kier alpha value is -1.72. The number of aromatic nitrogens is 2. The van der Waals surface area contributed by atoms with Crippen molar-refractivity contribution in [2.24, 2.45) is 0 Å². The Labute approximate surface area is 165 Å². The summed E-state index contributed by atoms with van der Waals surface area (Å²) in [6, 6.07) is 13.9. The summed E-state index contributed by atoms with van der Waals surface area (Å²) < 4.78 is 15.3. The molecule has 1 amide bonds. The molecule has 3 aromatic rings. The van der Waals surface area contributed by atoms with Gasteiger partial charge in [0.1, 0.15) is 5.82 Å². The van der Waals surface area contributed by atoms with Crippen molar-refractivity contribution in [3.05, 3.63) is 57.9 Å². The fourth-order valence-electron chi connectivity index (χ4n) is 1.85. The fraction of sp³-hybridized carbons (Fsp3) is 0.0625. The summed E-state index contributed by atoms with van der Waals surface area (Å²) >= 11 is 4.76. The summed E-state index contributed by atoms with van der Waals surface area (Å²) in [5, 5.41) is 14.1. The average molecular weight is 486 g/mol. The number of benzene rings is 2. The highest BCUT2D eigenvalue weighted by atomic mass is 127. The lowest BCUT2D eigenvalue weighted by atomic mass is 10.3. The fourth-order valence-corrected chi connectivity index (χ4v) is 3.78. The largest absolute Gasteiger partial charge is 0.328 e. The van der Waals surface area contributed by atoms with Gasteiger partial charge < -0.3 is 10.6 Å². The topological polar surface area (TPSA) is 66.9 Å². The number of rotatable bonds is 6. The maximum atomic E-state index is 13.6. The van der Waals surface area contributed by atoms with E-state index in [1.54, 1.807) is 18.2 Å². The van der Waals surface area contributed by atoms with Gasteiger partial charge in [-0.1, -0.05) is 35.2 Å². The molecule has 0 aliphatic carbocycles. The summed E-state index contributed by atoms with van der Waals surface area (Å²) in [6.07, 6.45) is 0. The predicted octanol–water partition coefficient (Wildman–Crippen LogP) is 4.76. The van der Waals surface area contributed by atoms with Gasteiger partial charge in [0.25, 0.3) is 0 Å². The molecule has 0 fully saturated rings. The van der Waals surface area contributed by atoms with Crippen molar-refractivity contribution < 1.29 is 9.18 Å². The van der Waals surface area contributed by atoms with Gasteiger partial charge in [-0.05, 0) is 59.0 Å². The van der Waals surface area contributed by atoms with Crippen LogP contribution in [-0.4, -0.2) is 21.9 Å². The van der Waals surface area contributed by atoms with E-state index in [9.17, 15) is 9.18 Å². The van der Waals surface area contributed by atoms with Crippen LogP contribution in [0.1, 0.15) is 0 Å². The Morgan fingerprint density at radius 1 is 1.16 bits per heavy atom. The van der Waals surface area contributed by atoms with Gasteiger partial charge >= 0.3 is 0 Å². The second kappa shape index (κ2) is 8.59. The second-order valence-electron chi connectivity index (χ2n) is 4.82. The van der Waals surface area contributed by atoms with Crippen LogP contribution in [0.15, 0.2) is 52.9 Å². The first kappa shape index (κ1) is 18.1. The third-order valence-corrected chi connectivity index (χ3v) is 5.67. The molecule has 0 aliphatic heterocycles. The van der Waals surface area contributed by atoms with Gasteiger partial charge in [0, 0.05) is 9.26 Å². The molecule has 128 valence electrons. The summed E-state index contributed by atoms with van der Waals surface area (Å²) in [5.41, 5.74) is 1.09. The molecule has 9 heteroatoms. The standard InChI is InChI=1S/C16H12FIN4OS2/c17-12-3-1-2-4-13(12)20-15-21-22-16(25-15)24-9-14(23)19-11-7-5-10(18)6-8-11/h1-8H,9H2,(H,19,23)(H,20,21). The minimum Gasteiger partial charge on any atom is -0.328 e. The first-order chi connectivity index (χ1) is 12.1. The van der Waals surface area contributed by atoms with Crippen molar-refractivity contribution in [2.45, 2.75) is 4.34 Å². The average Bonchev–Trinajstić information content (AvgIpc) is 3.05. The van der Waals surface area contributed by atoms with E-state index in [2.05, 4.69) is 43.4 Å². The second-order valence-corrected chi connectivity index (χ2v) is 8.27. The van der Waals surface area contributed by atoms with Gasteiger partial charge in [0.05, 0.1) is 11.4 Å². The number of hydrogen-bond acceptors (Lipinski definition) is 6. The zero-order valence-electron chi connectivity index (χ0n) is 12.7. The Morgan fingerprint density at radius 3 is 2.68 bits per heavy atom. The van der Waals surface area contributed by atoms with Crippen LogP contribution in [0, 0.1) is 9.39 Å². The normalized spacial score (nSPS) is 10.5. The van der Waals surface area contributed by atoms with E-state index in [4.69, 9.17) is 0 Å². The highest BCUT2D eigenvalue weighted by Crippen LogP contribution is 2.28. The number of nitrogens with one attached hydrogen (secondary N) is 2. The maximum absolute atomic E-state index is 13.6. The molecule has 0 aliphatic rings. The summed E-state index contributed by atoms with van der Waals surface area (Å²) in [6.45, 7) is 0. The van der Waals surface area contributed by atoms with Crippen LogP contribution in [0.2, 0.25) is 0 Å². The molecule has 3 rings (SSSR count). The zero-order valence-corrected chi connectivity index (χ0v) is 16.5. The first-order valence-corrected chi connectivity index (χ1v) is 10.0. The van der Waals surface area contributed by atoms with E-state index < -0.39 is 0 Å². The highest BCUT2D eigenvalue weighted by Gasteiger charge is 2.10. The molecule has 0 unspecified atom stereocenters. The van der Waals surface area contributed by atoms with Crippen LogP contribution in [0.3, 0.4) is 0 Å². The minimum absolute atomic E-state index is 0.120. The van der Waals surface area contributed by atoms with Crippen molar-refractivity contribution >= 4 is 68.1 Å². The third-order valence-electron chi connectivity index (χ3n) is 2.98. The van der Waals surface area contributed by atoms with Crippen molar-refractivity contribution in [1.29, 1.82) is 0 Å². The van der Waals surface area contributed by atoms with E-state index in [1.807, 2.05) is 24.3 Å². The number of halogens is 2. The molecule has 25 heavy (non-hydrogen) atoms. The van der Waals surface area contributed by atoms with Crippen molar-refractivity contribution in [2.75, 3.05) is 16.4 Å². The number of para-hydroxylation sites is 1. The van der Waals surface area contributed by atoms with Gasteiger partial charge in [0.2, 0.25) is 11.0 Å².